The van der Waals surface area contributed by atoms with E-state index in [1.807, 2.05) is 18.2 Å². The van der Waals surface area contributed by atoms with Crippen molar-refractivity contribution in [1.29, 1.82) is 0 Å². The Balaban J connectivity index is 1.59. The van der Waals surface area contributed by atoms with Crippen LogP contribution in [0.5, 0.6) is 17.2 Å². The molecule has 54 heavy (non-hydrogen) atoms. The summed E-state index contributed by atoms with van der Waals surface area (Å²) < 4.78 is 0. The van der Waals surface area contributed by atoms with Gasteiger partial charge in [0.05, 0.1) is 0 Å². The van der Waals surface area contributed by atoms with Gasteiger partial charge in [-0.15, -0.1) is 0 Å². The third-order valence-corrected chi connectivity index (χ3v) is 13.4. The highest BCUT2D eigenvalue weighted by Gasteiger charge is 2.32. The van der Waals surface area contributed by atoms with Gasteiger partial charge in [0.25, 0.3) is 0 Å². The van der Waals surface area contributed by atoms with Gasteiger partial charge < -0.3 is 15.3 Å². The Morgan fingerprint density at radius 1 is 0.370 bits per heavy atom. The molecule has 0 aromatic heterocycles. The van der Waals surface area contributed by atoms with Crippen molar-refractivity contribution >= 4 is 0 Å². The Labute approximate surface area is 326 Å². The molecule has 4 aromatic carbocycles. The van der Waals surface area contributed by atoms with Crippen LogP contribution in [0.3, 0.4) is 0 Å². The van der Waals surface area contributed by atoms with E-state index in [4.69, 9.17) is 0 Å². The zero-order chi connectivity index (χ0) is 38.1. The first kappa shape index (κ1) is 38.6. The fraction of sp³-hybridized carbons (Fsp3) is 0.529. The van der Waals surface area contributed by atoms with Gasteiger partial charge in [0.2, 0.25) is 0 Å². The van der Waals surface area contributed by atoms with Crippen LogP contribution in [-0.2, 0) is 0 Å². The van der Waals surface area contributed by atoms with E-state index in [1.165, 1.54) is 108 Å². The third kappa shape index (κ3) is 7.59. The zero-order valence-corrected chi connectivity index (χ0v) is 34.1. The van der Waals surface area contributed by atoms with E-state index in [1.54, 1.807) is 0 Å². The lowest BCUT2D eigenvalue weighted by Gasteiger charge is -2.33. The lowest BCUT2D eigenvalue weighted by atomic mass is 9.70. The van der Waals surface area contributed by atoms with Crippen LogP contribution in [0.2, 0.25) is 0 Å². The van der Waals surface area contributed by atoms with Crippen LogP contribution in [0.4, 0.5) is 0 Å². The minimum absolute atomic E-state index is 0.218. The topological polar surface area (TPSA) is 60.7 Å². The number of aromatic hydroxyl groups is 3. The van der Waals surface area contributed by atoms with Gasteiger partial charge >= 0.3 is 0 Å². The fourth-order valence-corrected chi connectivity index (χ4v) is 10.8. The van der Waals surface area contributed by atoms with Crippen LogP contribution in [-0.4, -0.2) is 15.3 Å². The van der Waals surface area contributed by atoms with Gasteiger partial charge in [-0.05, 0) is 177 Å². The summed E-state index contributed by atoms with van der Waals surface area (Å²) in [4.78, 5) is 0. The molecule has 0 saturated heterocycles. The molecule has 0 heterocycles. The lowest BCUT2D eigenvalue weighted by molar-refractivity contribution is 0.414. The summed E-state index contributed by atoms with van der Waals surface area (Å²) in [5.41, 5.74) is 14.8. The number of rotatable bonds is 9. The van der Waals surface area contributed by atoms with Gasteiger partial charge in [-0.3, -0.25) is 0 Å². The number of benzene rings is 4. The van der Waals surface area contributed by atoms with Crippen molar-refractivity contribution in [3.63, 3.8) is 0 Å². The molecule has 3 nitrogen and oxygen atoms in total. The summed E-state index contributed by atoms with van der Waals surface area (Å²) in [5.74, 6) is 3.06. The summed E-state index contributed by atoms with van der Waals surface area (Å²) in [7, 11) is 0. The first-order valence-corrected chi connectivity index (χ1v) is 21.8. The fourth-order valence-electron chi connectivity index (χ4n) is 10.8. The second-order valence-electron chi connectivity index (χ2n) is 18.2. The normalized spacial score (nSPS) is 17.9. The minimum Gasteiger partial charge on any atom is -0.508 e. The number of hydrogen-bond acceptors (Lipinski definition) is 3. The molecule has 0 aliphatic heterocycles. The van der Waals surface area contributed by atoms with E-state index in [9.17, 15) is 15.3 Å². The Kier molecular flexibility index (Phi) is 11.8. The summed E-state index contributed by atoms with van der Waals surface area (Å²) >= 11 is 0. The van der Waals surface area contributed by atoms with Crippen molar-refractivity contribution in [2.24, 2.45) is 0 Å². The van der Waals surface area contributed by atoms with Crippen LogP contribution < -0.4 is 0 Å². The van der Waals surface area contributed by atoms with E-state index in [0.29, 0.717) is 35.0 Å². The molecule has 7 rings (SSSR count). The quantitative estimate of drug-likeness (QED) is 0.161. The number of phenols is 3. The molecule has 0 atom stereocenters. The first-order chi connectivity index (χ1) is 26.0. The Hall–Kier alpha value is -3.72. The Morgan fingerprint density at radius 3 is 0.833 bits per heavy atom. The van der Waals surface area contributed by atoms with Crippen molar-refractivity contribution in [2.75, 3.05) is 0 Å². The second kappa shape index (κ2) is 16.6. The summed E-state index contributed by atoms with van der Waals surface area (Å²) in [6, 6.07) is 19.4. The third-order valence-electron chi connectivity index (χ3n) is 13.4. The van der Waals surface area contributed by atoms with E-state index in [2.05, 4.69) is 77.9 Å². The van der Waals surface area contributed by atoms with Gasteiger partial charge in [-0.2, -0.15) is 0 Å². The molecule has 3 aliphatic carbocycles. The molecule has 0 unspecified atom stereocenters. The highest BCUT2D eigenvalue weighted by Crippen LogP contribution is 2.54. The maximum atomic E-state index is 11.4. The molecule has 0 amide bonds. The smallest absolute Gasteiger partial charge is 0.119 e. The SMILES string of the molecule is CC(C)c1c(-c2ccc(O)c(C3CCCCC3)c2)c(C(C)C)c(-c2ccc(O)c(C3CCCCC3)c2)c(C(C)C)c1-c1ccc(O)c(C2CCCCC2)c1. The van der Waals surface area contributed by atoms with Crippen molar-refractivity contribution in [2.45, 2.75) is 173 Å². The van der Waals surface area contributed by atoms with Gasteiger partial charge in [-0.25, -0.2) is 0 Å². The number of phenolic OH excluding ortho intramolecular Hbond substituents is 3. The molecule has 0 spiro atoms. The molecule has 0 bridgehead atoms. The predicted octanol–water partition coefficient (Wildman–Crippen LogP) is 15.3. The van der Waals surface area contributed by atoms with Crippen LogP contribution in [0.1, 0.15) is 207 Å². The molecule has 3 fully saturated rings. The molecule has 0 radical (unpaired) electrons. The molecular weight excluding hydrogens is 661 g/mol. The van der Waals surface area contributed by atoms with Crippen molar-refractivity contribution in [3.05, 3.63) is 88.0 Å². The van der Waals surface area contributed by atoms with E-state index in [0.717, 1.165) is 55.2 Å². The molecule has 4 aromatic rings. The van der Waals surface area contributed by atoms with E-state index in [-0.39, 0.29) is 17.8 Å². The van der Waals surface area contributed by atoms with Crippen LogP contribution in [0.15, 0.2) is 54.6 Å². The van der Waals surface area contributed by atoms with E-state index < -0.39 is 0 Å². The van der Waals surface area contributed by atoms with Gasteiger partial charge in [0.15, 0.2) is 0 Å². The summed E-state index contributed by atoms with van der Waals surface area (Å²) in [5, 5.41) is 34.2. The largest absolute Gasteiger partial charge is 0.508 e. The van der Waals surface area contributed by atoms with Gasteiger partial charge in [0.1, 0.15) is 17.2 Å². The number of hydrogen-bond donors (Lipinski definition) is 3. The van der Waals surface area contributed by atoms with Crippen LogP contribution in [0, 0.1) is 0 Å². The molecule has 3 N–H and O–H groups in total. The lowest BCUT2D eigenvalue weighted by Crippen LogP contribution is -2.12. The average Bonchev–Trinajstić information content (AvgIpc) is 3.18. The maximum Gasteiger partial charge on any atom is 0.119 e. The van der Waals surface area contributed by atoms with Crippen LogP contribution >= 0.6 is 0 Å². The van der Waals surface area contributed by atoms with Crippen molar-refractivity contribution in [1.82, 2.24) is 0 Å². The zero-order valence-electron chi connectivity index (χ0n) is 34.1. The standard InChI is InChI=1S/C51H66O3/c1-31(2)46-49(37-22-25-43(52)40(28-37)34-16-10-7-11-17-34)47(32(3)4)51(39-24-27-45(54)42(30-39)36-20-14-9-15-21-36)48(33(5)6)50(46)38-23-26-44(53)41(29-38)35-18-12-8-13-19-35/h22-36,52-54H,7-21H2,1-6H3. The molecule has 3 saturated carbocycles. The Bertz CT molecular complexity index is 1690. The Morgan fingerprint density at radius 2 is 0.611 bits per heavy atom. The molecule has 3 heteroatoms. The second-order valence-corrected chi connectivity index (χ2v) is 18.2. The van der Waals surface area contributed by atoms with E-state index >= 15 is 0 Å². The van der Waals surface area contributed by atoms with Gasteiger partial charge in [0, 0.05) is 0 Å². The highest BCUT2D eigenvalue weighted by molar-refractivity contribution is 5.94. The van der Waals surface area contributed by atoms with Crippen molar-refractivity contribution < 1.29 is 15.3 Å². The predicted molar refractivity (Wildman–Crippen MR) is 227 cm³/mol. The van der Waals surface area contributed by atoms with Gasteiger partial charge in [-0.1, -0.05) is 118 Å². The monoisotopic (exact) mass is 727 g/mol. The summed E-state index contributed by atoms with van der Waals surface area (Å²) in [6.45, 7) is 14.1. The van der Waals surface area contributed by atoms with Crippen LogP contribution in [0.25, 0.3) is 33.4 Å². The first-order valence-electron chi connectivity index (χ1n) is 21.8. The van der Waals surface area contributed by atoms with Crippen molar-refractivity contribution in [3.8, 4) is 50.6 Å². The maximum absolute atomic E-state index is 11.4. The molecule has 288 valence electrons. The highest BCUT2D eigenvalue weighted by atomic mass is 16.3. The molecular formula is C51H66O3. The minimum atomic E-state index is 0.218. The average molecular weight is 727 g/mol. The summed E-state index contributed by atoms with van der Waals surface area (Å²) in [6.07, 6.45) is 17.9. The molecule has 3 aliphatic rings.